The van der Waals surface area contributed by atoms with E-state index in [2.05, 4.69) is 5.32 Å². The van der Waals surface area contributed by atoms with Crippen molar-refractivity contribution < 1.29 is 70.1 Å². The Labute approximate surface area is 235 Å². The topological polar surface area (TPSA) is 363 Å². The number of ether oxygens (including phenoxy) is 4. The van der Waals surface area contributed by atoms with Gasteiger partial charge in [0, 0.05) is 12.6 Å². The molecule has 16 atom stereocenters. The van der Waals surface area contributed by atoms with Crippen LogP contribution in [0.5, 0.6) is 0 Å². The van der Waals surface area contributed by atoms with Crippen molar-refractivity contribution in [2.75, 3.05) is 19.7 Å². The van der Waals surface area contributed by atoms with E-state index in [9.17, 15) is 45.6 Å². The first kappa shape index (κ1) is 36.0. The summed E-state index contributed by atoms with van der Waals surface area (Å²) in [6.45, 7) is -0.898. The Morgan fingerprint density at radius 3 is 2.02 bits per heavy atom. The third kappa shape index (κ3) is 7.85. The molecular formula is C22H45N5O14. The second-order valence-electron chi connectivity index (χ2n) is 10.3. The summed E-state index contributed by atoms with van der Waals surface area (Å²) in [6.07, 6.45) is -19.8. The van der Waals surface area contributed by atoms with Crippen molar-refractivity contribution in [2.45, 2.75) is 111 Å². The Morgan fingerprint density at radius 2 is 1.44 bits per heavy atom. The van der Waals surface area contributed by atoms with Gasteiger partial charge in [0.2, 0.25) is 5.91 Å². The molecule has 2 aliphatic heterocycles. The first-order chi connectivity index (χ1) is 18.9. The number of hydrogen-bond acceptors (Lipinski definition) is 17. The van der Waals surface area contributed by atoms with E-state index in [1.54, 1.807) is 0 Å². The molecule has 3 rings (SSSR count). The highest BCUT2D eigenvalue weighted by atomic mass is 16.7. The number of carbonyl (C=O) groups excluding carboxylic acids is 1. The fourth-order valence-electron chi connectivity index (χ4n) is 5.07. The number of rotatable bonds is 10. The van der Waals surface area contributed by atoms with Crippen LogP contribution in [-0.4, -0.2) is 170 Å². The lowest BCUT2D eigenvalue weighted by atomic mass is 9.83. The summed E-state index contributed by atoms with van der Waals surface area (Å²) in [7, 11) is 0. The van der Waals surface area contributed by atoms with Gasteiger partial charge in [0.15, 0.2) is 12.6 Å². The zero-order valence-corrected chi connectivity index (χ0v) is 22.2. The molecule has 0 bridgehead atoms. The largest absolute Gasteiger partial charge is 0.412 e. The van der Waals surface area contributed by atoms with Crippen molar-refractivity contribution in [2.24, 2.45) is 22.9 Å². The maximum Gasteiger partial charge on any atom is 0.249 e. The predicted molar refractivity (Wildman–Crippen MR) is 135 cm³/mol. The smallest absolute Gasteiger partial charge is 0.249 e. The van der Waals surface area contributed by atoms with Crippen LogP contribution in [0.1, 0.15) is 12.8 Å². The van der Waals surface area contributed by atoms with Crippen LogP contribution in [0.25, 0.3) is 0 Å². The van der Waals surface area contributed by atoms with Gasteiger partial charge in [-0.1, -0.05) is 0 Å². The van der Waals surface area contributed by atoms with Crippen molar-refractivity contribution >= 4 is 5.91 Å². The van der Waals surface area contributed by atoms with Gasteiger partial charge < -0.3 is 93.5 Å². The number of amides is 1. The van der Waals surface area contributed by atoms with Crippen LogP contribution in [0.3, 0.4) is 0 Å². The summed E-state index contributed by atoms with van der Waals surface area (Å²) in [6, 6.07) is -3.45. The van der Waals surface area contributed by atoms with Gasteiger partial charge in [0.05, 0.1) is 18.7 Å². The second-order valence-corrected chi connectivity index (χ2v) is 10.3. The van der Waals surface area contributed by atoms with Crippen molar-refractivity contribution in [3.63, 3.8) is 0 Å². The van der Waals surface area contributed by atoms with Gasteiger partial charge in [-0.25, -0.2) is 0 Å². The van der Waals surface area contributed by atoms with Crippen LogP contribution in [0.2, 0.25) is 0 Å². The van der Waals surface area contributed by atoms with Crippen molar-refractivity contribution in [3.05, 3.63) is 0 Å². The zero-order chi connectivity index (χ0) is 29.9. The van der Waals surface area contributed by atoms with Gasteiger partial charge in [-0.2, -0.15) is 0 Å². The van der Waals surface area contributed by atoms with Gasteiger partial charge in [-0.05, 0) is 19.4 Å². The molecule has 242 valence electrons. The van der Waals surface area contributed by atoms with Gasteiger partial charge in [-0.3, -0.25) is 4.79 Å². The van der Waals surface area contributed by atoms with Crippen LogP contribution < -0.4 is 28.3 Å². The number of hydrogen-bond donors (Lipinski definition) is 13. The van der Waals surface area contributed by atoms with E-state index >= 15 is 0 Å². The quantitative estimate of drug-likeness (QED) is 0.110. The van der Waals surface area contributed by atoms with Crippen LogP contribution >= 0.6 is 0 Å². The van der Waals surface area contributed by atoms with Crippen LogP contribution in [0.15, 0.2) is 0 Å². The fourth-order valence-corrected chi connectivity index (χ4v) is 5.07. The molecule has 3 fully saturated rings. The third-order valence-electron chi connectivity index (χ3n) is 7.51. The minimum absolute atomic E-state index is 0. The minimum Gasteiger partial charge on any atom is -0.412 e. The predicted octanol–water partition coefficient (Wildman–Crippen LogP) is -9.25. The number of aliphatic hydroxyl groups excluding tert-OH is 8. The van der Waals surface area contributed by atoms with E-state index in [1.807, 2.05) is 0 Å². The molecule has 2 saturated heterocycles. The summed E-state index contributed by atoms with van der Waals surface area (Å²) < 4.78 is 22.5. The number of aliphatic hydroxyl groups is 8. The second kappa shape index (κ2) is 15.5. The minimum atomic E-state index is -1.76. The molecule has 1 amide bonds. The molecule has 0 aromatic heterocycles. The summed E-state index contributed by atoms with van der Waals surface area (Å²) >= 11 is 0. The van der Waals surface area contributed by atoms with E-state index < -0.39 is 110 Å². The Kier molecular flexibility index (Phi) is 13.6. The Morgan fingerprint density at radius 1 is 0.854 bits per heavy atom. The number of nitrogens with two attached hydrogens (primary N) is 4. The summed E-state index contributed by atoms with van der Waals surface area (Å²) in [5.74, 6) is -0.845. The molecule has 0 radical (unpaired) electrons. The average Bonchev–Trinajstić information content (AvgIpc) is 2.92. The Balaban J connectivity index is 0.00000588. The number of nitrogens with one attached hydrogen (secondary N) is 1. The van der Waals surface area contributed by atoms with E-state index in [4.69, 9.17) is 41.9 Å². The molecule has 0 aromatic rings. The third-order valence-corrected chi connectivity index (χ3v) is 7.51. The molecule has 16 unspecified atom stereocenters. The van der Waals surface area contributed by atoms with Crippen LogP contribution in [0, 0.1) is 0 Å². The van der Waals surface area contributed by atoms with Gasteiger partial charge in [-0.15, -0.1) is 0 Å². The normalized spacial score (nSPS) is 45.9. The molecular weight excluding hydrogens is 558 g/mol. The summed E-state index contributed by atoms with van der Waals surface area (Å²) in [5, 5.41) is 84.9. The molecule has 19 N–H and O–H groups in total. The number of carbonyl (C=O) groups is 1. The first-order valence-electron chi connectivity index (χ1n) is 13.1. The van der Waals surface area contributed by atoms with Crippen LogP contribution in [-0.2, 0) is 23.7 Å². The maximum atomic E-state index is 12.6. The standard InChI is InChI=1S/C22H43N5O13.H2O/c23-2-1-8(29)20(36)27-7-3-6(25)18(39-22-16(34)15(33)13(31)9(4-24)37-22)17(35)19(7)40-21-14(32)11(26)12(30)10(5-28)38-21;/h6-19,21-22,28-35H,1-5,23-26H2,(H,27,36);1H2. The molecule has 19 heteroatoms. The van der Waals surface area contributed by atoms with Crippen LogP contribution in [0.4, 0.5) is 0 Å². The molecule has 0 aromatic carbocycles. The maximum absolute atomic E-state index is 12.6. The van der Waals surface area contributed by atoms with Gasteiger partial charge in [0.1, 0.15) is 67.1 Å². The van der Waals surface area contributed by atoms with Gasteiger partial charge in [0.25, 0.3) is 0 Å². The highest BCUT2D eigenvalue weighted by Gasteiger charge is 2.52. The lowest BCUT2D eigenvalue weighted by Crippen LogP contribution is -2.69. The molecule has 2 heterocycles. The molecule has 1 saturated carbocycles. The molecule has 41 heavy (non-hydrogen) atoms. The first-order valence-corrected chi connectivity index (χ1v) is 13.1. The van der Waals surface area contributed by atoms with E-state index in [-0.39, 0.29) is 31.4 Å². The highest BCUT2D eigenvalue weighted by molar-refractivity contribution is 5.80. The lowest BCUT2D eigenvalue weighted by molar-refractivity contribution is -0.332. The van der Waals surface area contributed by atoms with Crippen molar-refractivity contribution in [1.82, 2.24) is 5.32 Å². The summed E-state index contributed by atoms with van der Waals surface area (Å²) in [5.41, 5.74) is 23.1. The molecule has 19 nitrogen and oxygen atoms in total. The summed E-state index contributed by atoms with van der Waals surface area (Å²) in [4.78, 5) is 12.6. The monoisotopic (exact) mass is 603 g/mol. The molecule has 0 spiro atoms. The van der Waals surface area contributed by atoms with Gasteiger partial charge >= 0.3 is 0 Å². The van der Waals surface area contributed by atoms with E-state index in [0.29, 0.717) is 0 Å². The highest BCUT2D eigenvalue weighted by Crippen LogP contribution is 2.32. The zero-order valence-electron chi connectivity index (χ0n) is 22.2. The molecule has 3 aliphatic rings. The fraction of sp³-hybridized carbons (Fsp3) is 0.955. The average molecular weight is 604 g/mol. The molecule has 1 aliphatic carbocycles. The van der Waals surface area contributed by atoms with E-state index in [0.717, 1.165) is 0 Å². The van der Waals surface area contributed by atoms with E-state index in [1.165, 1.54) is 0 Å². The SMILES string of the molecule is NCCC(O)C(=O)NC1CC(N)C(OC2OC(CN)C(O)C(O)C2O)C(O)C1OC1OC(CO)C(O)C(N)C1O.O. The lowest BCUT2D eigenvalue weighted by Gasteiger charge is -2.49. The Bertz CT molecular complexity index is 817. The van der Waals surface area contributed by atoms with Crippen molar-refractivity contribution in [1.29, 1.82) is 0 Å². The Hall–Kier alpha value is -1.21. The van der Waals surface area contributed by atoms with Crippen molar-refractivity contribution in [3.8, 4) is 0 Å².